The van der Waals surface area contributed by atoms with E-state index in [1.54, 1.807) is 24.0 Å². The van der Waals surface area contributed by atoms with Gasteiger partial charge in [0.25, 0.3) is 5.91 Å². The molecule has 0 spiro atoms. The third-order valence-corrected chi connectivity index (χ3v) is 3.85. The van der Waals surface area contributed by atoms with Gasteiger partial charge in [-0.2, -0.15) is 5.10 Å². The normalized spacial score (nSPS) is 12.2. The van der Waals surface area contributed by atoms with Crippen LogP contribution in [0.3, 0.4) is 0 Å². The largest absolute Gasteiger partial charge is 0.484 e. The van der Waals surface area contributed by atoms with Crippen LogP contribution in [0.15, 0.2) is 30.6 Å². The number of rotatable bonds is 6. The first-order chi connectivity index (χ1) is 13.1. The summed E-state index contributed by atoms with van der Waals surface area (Å²) < 4.78 is 12.6. The zero-order valence-electron chi connectivity index (χ0n) is 17.2. The molecule has 0 fully saturated rings. The number of aromatic nitrogens is 2. The minimum absolute atomic E-state index is 0.0969. The number of aryl methyl sites for hydroxylation is 1. The Bertz CT molecular complexity index is 839. The van der Waals surface area contributed by atoms with E-state index >= 15 is 0 Å². The molecule has 2 amide bonds. The average molecular weight is 388 g/mol. The Morgan fingerprint density at radius 2 is 1.93 bits per heavy atom. The van der Waals surface area contributed by atoms with E-state index in [9.17, 15) is 9.59 Å². The first-order valence-corrected chi connectivity index (χ1v) is 9.04. The number of ether oxygens (including phenoxy) is 2. The molecule has 2 N–H and O–H groups in total. The summed E-state index contributed by atoms with van der Waals surface area (Å²) in [5, 5.41) is 9.54. The number of amides is 2. The molecule has 0 saturated carbocycles. The summed E-state index contributed by atoms with van der Waals surface area (Å²) in [4.78, 5) is 23.6. The molecule has 8 nitrogen and oxygen atoms in total. The van der Waals surface area contributed by atoms with Crippen LogP contribution in [0.1, 0.15) is 39.3 Å². The fourth-order valence-corrected chi connectivity index (χ4v) is 2.48. The van der Waals surface area contributed by atoms with Crippen LogP contribution in [-0.2, 0) is 16.6 Å². The van der Waals surface area contributed by atoms with Crippen LogP contribution in [0, 0.1) is 0 Å². The third-order valence-electron chi connectivity index (χ3n) is 3.85. The van der Waals surface area contributed by atoms with Gasteiger partial charge in [-0.05, 0) is 57.0 Å². The number of benzene rings is 1. The van der Waals surface area contributed by atoms with Crippen molar-refractivity contribution in [3.63, 3.8) is 0 Å². The molecule has 8 heteroatoms. The highest BCUT2D eigenvalue weighted by Crippen LogP contribution is 2.29. The molecule has 0 aliphatic heterocycles. The van der Waals surface area contributed by atoms with Gasteiger partial charge in [0.05, 0.1) is 12.2 Å². The van der Waals surface area contributed by atoms with E-state index in [-0.39, 0.29) is 18.6 Å². The fourth-order valence-electron chi connectivity index (χ4n) is 2.48. The molecule has 0 saturated heterocycles. The summed E-state index contributed by atoms with van der Waals surface area (Å²) in [6.07, 6.45) is 3.13. The number of nitrogens with zero attached hydrogens (tertiary/aromatic N) is 2. The second-order valence-corrected chi connectivity index (χ2v) is 7.52. The predicted molar refractivity (Wildman–Crippen MR) is 106 cm³/mol. The number of carbonyl (C=O) groups excluding carboxylic acids is 2. The molecule has 0 aliphatic carbocycles. The lowest BCUT2D eigenvalue weighted by Gasteiger charge is -2.22. The predicted octanol–water partition coefficient (Wildman–Crippen LogP) is 2.80. The number of likely N-dealkylation sites (N-methyl/N-ethyl adjacent to an activating group) is 1. The molecule has 28 heavy (non-hydrogen) atoms. The molecular weight excluding hydrogens is 360 g/mol. The summed E-state index contributed by atoms with van der Waals surface area (Å²) in [6.45, 7) is 7.19. The van der Waals surface area contributed by atoms with E-state index in [0.717, 1.165) is 16.7 Å². The highest BCUT2D eigenvalue weighted by Gasteiger charge is 2.19. The van der Waals surface area contributed by atoms with Crippen LogP contribution >= 0.6 is 0 Å². The average Bonchev–Trinajstić information content (AvgIpc) is 3.04. The van der Waals surface area contributed by atoms with E-state index in [1.807, 2.05) is 53.1 Å². The van der Waals surface area contributed by atoms with Gasteiger partial charge in [-0.3, -0.25) is 9.48 Å². The highest BCUT2D eigenvalue weighted by molar-refractivity contribution is 5.77. The zero-order valence-corrected chi connectivity index (χ0v) is 17.2. The molecular formula is C20H28N4O4. The Kier molecular flexibility index (Phi) is 6.66. The molecule has 2 aromatic rings. The molecule has 1 aromatic heterocycles. The Morgan fingerprint density at radius 1 is 1.21 bits per heavy atom. The second-order valence-electron chi connectivity index (χ2n) is 7.52. The van der Waals surface area contributed by atoms with Crippen molar-refractivity contribution < 1.29 is 19.1 Å². The van der Waals surface area contributed by atoms with Gasteiger partial charge in [0, 0.05) is 25.9 Å². The number of nitrogens with one attached hydrogen (secondary N) is 2. The molecule has 1 aromatic carbocycles. The van der Waals surface area contributed by atoms with E-state index in [4.69, 9.17) is 9.47 Å². The van der Waals surface area contributed by atoms with Gasteiger partial charge >= 0.3 is 6.09 Å². The van der Waals surface area contributed by atoms with E-state index in [0.29, 0.717) is 5.75 Å². The smallest absolute Gasteiger partial charge is 0.408 e. The maximum Gasteiger partial charge on any atom is 0.408 e. The maximum atomic E-state index is 12.1. The van der Waals surface area contributed by atoms with E-state index in [1.165, 1.54) is 0 Å². The Labute approximate surface area is 165 Å². The van der Waals surface area contributed by atoms with Crippen LogP contribution in [0.4, 0.5) is 4.79 Å². The summed E-state index contributed by atoms with van der Waals surface area (Å²) in [7, 11) is 3.39. The third kappa shape index (κ3) is 6.29. The van der Waals surface area contributed by atoms with E-state index < -0.39 is 11.7 Å². The number of carbonyl (C=O) groups is 2. The van der Waals surface area contributed by atoms with Gasteiger partial charge in [-0.1, -0.05) is 0 Å². The number of hydrogen-bond donors (Lipinski definition) is 2. The van der Waals surface area contributed by atoms with Crippen LogP contribution in [0.5, 0.6) is 5.75 Å². The van der Waals surface area contributed by atoms with Gasteiger partial charge in [-0.25, -0.2) is 4.79 Å². The number of alkyl carbamates (subject to hydrolysis) is 1. The van der Waals surface area contributed by atoms with Crippen LogP contribution < -0.4 is 15.4 Å². The van der Waals surface area contributed by atoms with Gasteiger partial charge < -0.3 is 20.1 Å². The molecule has 0 bridgehead atoms. The lowest BCUT2D eigenvalue weighted by molar-refractivity contribution is -0.122. The van der Waals surface area contributed by atoms with Gasteiger partial charge in [0.1, 0.15) is 11.4 Å². The Hall–Kier alpha value is -3.03. The summed E-state index contributed by atoms with van der Waals surface area (Å²) >= 11 is 0. The SMILES string of the molecule is CNC(=O)COc1cc(-c2cnn(C)c2)cc([C@@H](C)NC(=O)OC(C)(C)C)c1. The molecule has 1 atom stereocenters. The van der Waals surface area contributed by atoms with Crippen molar-refractivity contribution in [3.05, 3.63) is 36.2 Å². The van der Waals surface area contributed by atoms with Gasteiger partial charge in [0.15, 0.2) is 6.61 Å². The minimum Gasteiger partial charge on any atom is -0.484 e. The summed E-state index contributed by atoms with van der Waals surface area (Å²) in [5.41, 5.74) is 2.01. The maximum absolute atomic E-state index is 12.1. The zero-order chi connectivity index (χ0) is 20.9. The van der Waals surface area contributed by atoms with Crippen LogP contribution in [0.2, 0.25) is 0 Å². The first kappa shape index (κ1) is 21.3. The van der Waals surface area contributed by atoms with Crippen LogP contribution in [-0.4, -0.2) is 41.0 Å². The van der Waals surface area contributed by atoms with Crippen molar-refractivity contribution >= 4 is 12.0 Å². The molecule has 0 unspecified atom stereocenters. The lowest BCUT2D eigenvalue weighted by atomic mass is 10.0. The fraction of sp³-hybridized carbons (Fsp3) is 0.450. The van der Waals surface area contributed by atoms with Gasteiger partial charge in [0.2, 0.25) is 0 Å². The Morgan fingerprint density at radius 3 is 2.50 bits per heavy atom. The molecule has 0 aliphatic rings. The summed E-state index contributed by atoms with van der Waals surface area (Å²) in [6, 6.07) is 5.26. The standard InChI is InChI=1S/C20H28N4O4/c1-13(23-19(26)28-20(2,3)4)14-7-15(16-10-22-24(6)11-16)9-17(8-14)27-12-18(25)21-5/h7-11,13H,12H2,1-6H3,(H,21,25)(H,23,26)/t13-/m1/s1. The van der Waals surface area contributed by atoms with Crippen molar-refractivity contribution in [2.45, 2.75) is 39.3 Å². The second kappa shape index (κ2) is 8.77. The number of hydrogen-bond acceptors (Lipinski definition) is 5. The summed E-state index contributed by atoms with van der Waals surface area (Å²) in [5.74, 6) is 0.297. The van der Waals surface area contributed by atoms with Gasteiger partial charge in [-0.15, -0.1) is 0 Å². The van der Waals surface area contributed by atoms with Crippen molar-refractivity contribution in [3.8, 4) is 16.9 Å². The topological polar surface area (TPSA) is 94.5 Å². The first-order valence-electron chi connectivity index (χ1n) is 9.04. The Balaban J connectivity index is 2.28. The molecule has 152 valence electrons. The van der Waals surface area contributed by atoms with E-state index in [2.05, 4.69) is 15.7 Å². The monoisotopic (exact) mass is 388 g/mol. The molecule has 0 radical (unpaired) electrons. The van der Waals surface area contributed by atoms with Crippen molar-refractivity contribution in [2.75, 3.05) is 13.7 Å². The molecule has 2 rings (SSSR count). The highest BCUT2D eigenvalue weighted by atomic mass is 16.6. The quantitative estimate of drug-likeness (QED) is 0.794. The van der Waals surface area contributed by atoms with Crippen molar-refractivity contribution in [1.82, 2.24) is 20.4 Å². The van der Waals surface area contributed by atoms with Crippen LogP contribution in [0.25, 0.3) is 11.1 Å². The minimum atomic E-state index is -0.580. The molecule has 1 heterocycles. The lowest BCUT2D eigenvalue weighted by Crippen LogP contribution is -2.34. The van der Waals surface area contributed by atoms with Crippen molar-refractivity contribution in [2.24, 2.45) is 7.05 Å². The van der Waals surface area contributed by atoms with Crippen molar-refractivity contribution in [1.29, 1.82) is 0 Å².